The molecule has 240 valence electrons. The lowest BCUT2D eigenvalue weighted by Crippen LogP contribution is -2.41. The van der Waals surface area contributed by atoms with Gasteiger partial charge in [0.05, 0.1) is 13.0 Å². The standard InChI is InChI=1S/C40H58O3Si/c1-10-31(2)28-35(34-19-13-11-14-20-34)30-40(29-32(3)38(41)42-7,36-21-15-12-16-22-36)37-25-23-33(24-26-37)18-17-27-43-44(8,9)39(4,5)6/h11-16,19-26,31-32,35H,10,17-18,27-30H2,1-9H3. The molecule has 0 aromatic heterocycles. The highest BCUT2D eigenvalue weighted by Crippen LogP contribution is 2.47. The Morgan fingerprint density at radius 1 is 0.818 bits per heavy atom. The van der Waals surface area contributed by atoms with E-state index in [2.05, 4.69) is 133 Å². The molecule has 0 saturated carbocycles. The van der Waals surface area contributed by atoms with E-state index in [1.54, 1.807) is 0 Å². The summed E-state index contributed by atoms with van der Waals surface area (Å²) in [7, 11) is -0.237. The number of hydrogen-bond donors (Lipinski definition) is 0. The number of carbonyl (C=O) groups is 1. The van der Waals surface area contributed by atoms with Crippen LogP contribution in [-0.4, -0.2) is 28.0 Å². The van der Waals surface area contributed by atoms with Gasteiger partial charge in [-0.1, -0.05) is 133 Å². The van der Waals surface area contributed by atoms with Crippen LogP contribution >= 0.6 is 0 Å². The number of esters is 1. The van der Waals surface area contributed by atoms with Crippen LogP contribution in [0, 0.1) is 11.8 Å². The predicted molar refractivity (Wildman–Crippen MR) is 189 cm³/mol. The molecule has 4 heteroatoms. The molecule has 4 atom stereocenters. The first-order chi connectivity index (χ1) is 20.8. The van der Waals surface area contributed by atoms with Gasteiger partial charge < -0.3 is 9.16 Å². The summed E-state index contributed by atoms with van der Waals surface area (Å²) in [6, 6.07) is 31.1. The molecule has 0 amide bonds. The lowest BCUT2D eigenvalue weighted by molar-refractivity contribution is -0.145. The zero-order valence-electron chi connectivity index (χ0n) is 29.0. The summed E-state index contributed by atoms with van der Waals surface area (Å²) in [5.74, 6) is 0.556. The first kappa shape index (κ1) is 35.8. The van der Waals surface area contributed by atoms with Gasteiger partial charge in [-0.05, 0) is 84.3 Å². The quantitative estimate of drug-likeness (QED) is 0.0915. The minimum atomic E-state index is -1.74. The molecule has 0 fully saturated rings. The Hall–Kier alpha value is -2.69. The van der Waals surface area contributed by atoms with E-state index < -0.39 is 8.32 Å². The molecule has 3 rings (SSSR count). The van der Waals surface area contributed by atoms with Gasteiger partial charge in [-0.3, -0.25) is 4.79 Å². The van der Waals surface area contributed by atoms with E-state index in [1.807, 2.05) is 6.92 Å². The van der Waals surface area contributed by atoms with Gasteiger partial charge in [0, 0.05) is 12.0 Å². The Morgan fingerprint density at radius 3 is 1.93 bits per heavy atom. The fraction of sp³-hybridized carbons (Fsp3) is 0.525. The molecular weight excluding hydrogens is 557 g/mol. The van der Waals surface area contributed by atoms with Crippen molar-refractivity contribution in [2.75, 3.05) is 13.7 Å². The van der Waals surface area contributed by atoms with Crippen molar-refractivity contribution in [1.82, 2.24) is 0 Å². The predicted octanol–water partition coefficient (Wildman–Crippen LogP) is 10.7. The van der Waals surface area contributed by atoms with Crippen LogP contribution < -0.4 is 0 Å². The van der Waals surface area contributed by atoms with Gasteiger partial charge in [0.15, 0.2) is 8.32 Å². The van der Waals surface area contributed by atoms with Crippen molar-refractivity contribution < 1.29 is 14.0 Å². The van der Waals surface area contributed by atoms with Crippen LogP contribution in [0.2, 0.25) is 18.1 Å². The maximum Gasteiger partial charge on any atom is 0.308 e. The van der Waals surface area contributed by atoms with Gasteiger partial charge >= 0.3 is 5.97 Å². The molecule has 0 heterocycles. The van der Waals surface area contributed by atoms with E-state index in [-0.39, 0.29) is 22.3 Å². The van der Waals surface area contributed by atoms with E-state index in [0.717, 1.165) is 38.7 Å². The zero-order valence-corrected chi connectivity index (χ0v) is 30.0. The van der Waals surface area contributed by atoms with Crippen molar-refractivity contribution in [3.63, 3.8) is 0 Å². The second-order valence-electron chi connectivity index (χ2n) is 14.5. The number of hydrogen-bond acceptors (Lipinski definition) is 3. The normalized spacial score (nSPS) is 15.7. The van der Waals surface area contributed by atoms with Crippen LogP contribution in [0.15, 0.2) is 84.9 Å². The third kappa shape index (κ3) is 9.41. The molecule has 0 aliphatic heterocycles. The number of aryl methyl sites for hydroxylation is 1. The number of carbonyl (C=O) groups excluding carboxylic acids is 1. The SMILES string of the molecule is CCC(C)CC(CC(CC(C)C(=O)OC)(c1ccccc1)c1ccc(CCCO[Si](C)(C)C(C)(C)C)cc1)c1ccccc1. The Balaban J connectivity index is 2.02. The number of ether oxygens (including phenoxy) is 1. The molecule has 44 heavy (non-hydrogen) atoms. The van der Waals surface area contributed by atoms with Gasteiger partial charge in [-0.25, -0.2) is 0 Å². The Bertz CT molecular complexity index is 1260. The first-order valence-corrected chi connectivity index (χ1v) is 19.7. The third-order valence-electron chi connectivity index (χ3n) is 10.2. The zero-order chi connectivity index (χ0) is 32.4. The summed E-state index contributed by atoms with van der Waals surface area (Å²) in [6.07, 6.45) is 5.87. The average Bonchev–Trinajstić information content (AvgIpc) is 3.02. The highest BCUT2D eigenvalue weighted by Gasteiger charge is 2.40. The van der Waals surface area contributed by atoms with E-state index in [1.165, 1.54) is 29.4 Å². The fourth-order valence-corrected chi connectivity index (χ4v) is 7.32. The van der Waals surface area contributed by atoms with Gasteiger partial charge in [0.25, 0.3) is 0 Å². The number of rotatable bonds is 16. The number of benzene rings is 3. The minimum absolute atomic E-state index is 0.151. The van der Waals surface area contributed by atoms with Crippen LogP contribution in [0.25, 0.3) is 0 Å². The molecule has 4 unspecified atom stereocenters. The molecule has 3 aromatic rings. The van der Waals surface area contributed by atoms with Crippen molar-refractivity contribution in [3.8, 4) is 0 Å². The summed E-state index contributed by atoms with van der Waals surface area (Å²) in [5, 5.41) is 0.225. The van der Waals surface area contributed by atoms with Crippen molar-refractivity contribution in [1.29, 1.82) is 0 Å². The Morgan fingerprint density at radius 2 is 1.39 bits per heavy atom. The van der Waals surface area contributed by atoms with E-state index in [0.29, 0.717) is 18.3 Å². The molecule has 3 aromatic carbocycles. The van der Waals surface area contributed by atoms with E-state index in [9.17, 15) is 4.79 Å². The monoisotopic (exact) mass is 614 g/mol. The van der Waals surface area contributed by atoms with Gasteiger partial charge in [0.1, 0.15) is 0 Å². The van der Waals surface area contributed by atoms with E-state index >= 15 is 0 Å². The Labute approximate surface area is 269 Å². The van der Waals surface area contributed by atoms with Crippen molar-refractivity contribution in [2.24, 2.45) is 11.8 Å². The molecular formula is C40H58O3Si. The second-order valence-corrected chi connectivity index (χ2v) is 19.4. The topological polar surface area (TPSA) is 35.5 Å². The molecule has 0 saturated heterocycles. The highest BCUT2D eigenvalue weighted by atomic mass is 28.4. The molecule has 0 aliphatic rings. The van der Waals surface area contributed by atoms with E-state index in [4.69, 9.17) is 9.16 Å². The molecule has 0 radical (unpaired) electrons. The maximum atomic E-state index is 12.9. The number of methoxy groups -OCH3 is 1. The summed E-state index contributed by atoms with van der Waals surface area (Å²) in [4.78, 5) is 12.9. The summed E-state index contributed by atoms with van der Waals surface area (Å²) < 4.78 is 11.7. The highest BCUT2D eigenvalue weighted by molar-refractivity contribution is 6.74. The second kappa shape index (κ2) is 16.0. The Kier molecular flexibility index (Phi) is 13.0. The van der Waals surface area contributed by atoms with Gasteiger partial charge in [0.2, 0.25) is 0 Å². The molecule has 0 N–H and O–H groups in total. The van der Waals surface area contributed by atoms with Crippen LogP contribution in [0.4, 0.5) is 0 Å². The fourth-order valence-electron chi connectivity index (χ4n) is 6.23. The molecule has 0 spiro atoms. The van der Waals surface area contributed by atoms with Gasteiger partial charge in [-0.15, -0.1) is 0 Å². The van der Waals surface area contributed by atoms with Gasteiger partial charge in [-0.2, -0.15) is 0 Å². The average molecular weight is 615 g/mol. The van der Waals surface area contributed by atoms with Crippen LogP contribution in [-0.2, 0) is 25.8 Å². The third-order valence-corrected chi connectivity index (χ3v) is 14.8. The van der Waals surface area contributed by atoms with Crippen LogP contribution in [0.1, 0.15) is 102 Å². The summed E-state index contributed by atoms with van der Waals surface area (Å²) in [5.41, 5.74) is 4.88. The smallest absolute Gasteiger partial charge is 0.308 e. The maximum absolute atomic E-state index is 12.9. The largest absolute Gasteiger partial charge is 0.469 e. The molecule has 0 bridgehead atoms. The van der Waals surface area contributed by atoms with Crippen LogP contribution in [0.3, 0.4) is 0 Å². The van der Waals surface area contributed by atoms with Crippen LogP contribution in [0.5, 0.6) is 0 Å². The van der Waals surface area contributed by atoms with Crippen molar-refractivity contribution >= 4 is 14.3 Å². The summed E-state index contributed by atoms with van der Waals surface area (Å²) in [6.45, 7) is 19.0. The van der Waals surface area contributed by atoms with Crippen molar-refractivity contribution in [3.05, 3.63) is 107 Å². The van der Waals surface area contributed by atoms with Crippen molar-refractivity contribution in [2.45, 2.75) is 110 Å². The lowest BCUT2D eigenvalue weighted by Gasteiger charge is -2.40. The lowest BCUT2D eigenvalue weighted by atomic mass is 9.63. The first-order valence-electron chi connectivity index (χ1n) is 16.7. The summed E-state index contributed by atoms with van der Waals surface area (Å²) >= 11 is 0. The molecule has 0 aliphatic carbocycles. The molecule has 3 nitrogen and oxygen atoms in total. The minimum Gasteiger partial charge on any atom is -0.469 e.